The molecule has 0 fully saturated rings. The van der Waals surface area contributed by atoms with Crippen LogP contribution in [-0.2, 0) is 8.85 Å². The largest absolute Gasteiger partial charge is 0.395 e. The Balaban J connectivity index is 3.63. The van der Waals surface area contributed by atoms with Gasteiger partial charge in [-0.2, -0.15) is 0 Å². The Labute approximate surface area is 155 Å². The van der Waals surface area contributed by atoms with E-state index in [0.717, 1.165) is 19.3 Å². The van der Waals surface area contributed by atoms with Crippen LogP contribution in [0.3, 0.4) is 0 Å². The SMILES string of the molecule is CCO[Si](C)(CCCCCCCC[SiH2]C(N(C)C)N(C)C)OCC. The first-order valence-electron chi connectivity index (χ1n) is 9.97. The van der Waals surface area contributed by atoms with Crippen molar-refractivity contribution in [2.75, 3.05) is 41.4 Å². The van der Waals surface area contributed by atoms with E-state index in [1.54, 1.807) is 0 Å². The summed E-state index contributed by atoms with van der Waals surface area (Å²) in [6.07, 6.45) is 8.19. The van der Waals surface area contributed by atoms with Crippen LogP contribution in [0.4, 0.5) is 0 Å². The highest BCUT2D eigenvalue weighted by atomic mass is 28.4. The smallest absolute Gasteiger partial charge is 0.334 e. The third-order valence-corrected chi connectivity index (χ3v) is 10.6. The van der Waals surface area contributed by atoms with Gasteiger partial charge in [0, 0.05) is 19.0 Å². The standard InChI is InChI=1S/C18H44N2O2Si2/c1-8-21-24(7,22-9-2)17-15-13-11-10-12-14-16-23-18(19(3)4)20(5)6/h18H,8-17,23H2,1-7H3. The quantitative estimate of drug-likeness (QED) is 0.234. The Hall–Kier alpha value is 0.274. The monoisotopic (exact) mass is 376 g/mol. The van der Waals surface area contributed by atoms with E-state index in [2.05, 4.69) is 58.4 Å². The van der Waals surface area contributed by atoms with Crippen LogP contribution < -0.4 is 0 Å². The summed E-state index contributed by atoms with van der Waals surface area (Å²) in [5, 5.41) is 0. The Morgan fingerprint density at radius 1 is 0.792 bits per heavy atom. The van der Waals surface area contributed by atoms with Gasteiger partial charge in [0.15, 0.2) is 0 Å². The van der Waals surface area contributed by atoms with Gasteiger partial charge >= 0.3 is 8.56 Å². The molecule has 0 aliphatic heterocycles. The molecule has 0 aliphatic carbocycles. The molecule has 0 heterocycles. The maximum atomic E-state index is 5.90. The van der Waals surface area contributed by atoms with Crippen LogP contribution in [-0.4, -0.2) is 75.1 Å². The molecule has 0 saturated heterocycles. The van der Waals surface area contributed by atoms with Crippen molar-refractivity contribution in [2.45, 2.75) is 76.8 Å². The highest BCUT2D eigenvalue weighted by Gasteiger charge is 2.29. The fourth-order valence-corrected chi connectivity index (χ4v) is 7.96. The van der Waals surface area contributed by atoms with Gasteiger partial charge < -0.3 is 8.85 Å². The summed E-state index contributed by atoms with van der Waals surface area (Å²) >= 11 is 0. The van der Waals surface area contributed by atoms with E-state index in [1.807, 2.05) is 0 Å². The van der Waals surface area contributed by atoms with E-state index in [1.165, 1.54) is 44.6 Å². The molecule has 0 saturated carbocycles. The summed E-state index contributed by atoms with van der Waals surface area (Å²) in [4.78, 5) is 4.76. The van der Waals surface area contributed by atoms with Crippen molar-refractivity contribution < 1.29 is 8.85 Å². The number of unbranched alkanes of at least 4 members (excludes halogenated alkanes) is 5. The molecule has 0 N–H and O–H groups in total. The van der Waals surface area contributed by atoms with Crippen LogP contribution >= 0.6 is 0 Å². The molecule has 0 aromatic heterocycles. The first-order chi connectivity index (χ1) is 11.4. The second-order valence-electron chi connectivity index (χ2n) is 7.42. The summed E-state index contributed by atoms with van der Waals surface area (Å²) in [5.41, 5.74) is 0. The van der Waals surface area contributed by atoms with Crippen LogP contribution in [0.25, 0.3) is 0 Å². The van der Waals surface area contributed by atoms with Crippen molar-refractivity contribution in [3.63, 3.8) is 0 Å². The summed E-state index contributed by atoms with van der Waals surface area (Å²) in [7, 11) is 6.94. The minimum absolute atomic E-state index is 0.0198. The zero-order valence-electron chi connectivity index (χ0n) is 17.6. The van der Waals surface area contributed by atoms with E-state index in [0.29, 0.717) is 5.79 Å². The van der Waals surface area contributed by atoms with Gasteiger partial charge in [-0.25, -0.2) is 0 Å². The molecule has 0 aliphatic rings. The fourth-order valence-electron chi connectivity index (χ4n) is 3.43. The van der Waals surface area contributed by atoms with Gasteiger partial charge in [-0.05, 0) is 54.6 Å². The molecule has 6 heteroatoms. The fraction of sp³-hybridized carbons (Fsp3) is 1.00. The number of hydrogen-bond donors (Lipinski definition) is 0. The molecule has 0 rings (SSSR count). The molecule has 0 unspecified atom stereocenters. The van der Waals surface area contributed by atoms with Crippen LogP contribution in [0.5, 0.6) is 0 Å². The topological polar surface area (TPSA) is 24.9 Å². The lowest BCUT2D eigenvalue weighted by Gasteiger charge is -2.30. The van der Waals surface area contributed by atoms with Gasteiger partial charge in [-0.1, -0.05) is 44.6 Å². The Bertz CT molecular complexity index is 278. The highest BCUT2D eigenvalue weighted by molar-refractivity contribution is 6.66. The van der Waals surface area contributed by atoms with Crippen LogP contribution in [0.1, 0.15) is 52.4 Å². The lowest BCUT2D eigenvalue weighted by atomic mass is 10.1. The average molecular weight is 377 g/mol. The van der Waals surface area contributed by atoms with E-state index in [9.17, 15) is 0 Å². The van der Waals surface area contributed by atoms with Crippen molar-refractivity contribution >= 4 is 18.1 Å². The van der Waals surface area contributed by atoms with E-state index < -0.39 is 8.56 Å². The lowest BCUT2D eigenvalue weighted by molar-refractivity contribution is 0.188. The third-order valence-electron chi connectivity index (χ3n) is 4.68. The van der Waals surface area contributed by atoms with Gasteiger partial charge in [-0.3, -0.25) is 9.80 Å². The molecule has 0 amide bonds. The van der Waals surface area contributed by atoms with E-state index in [-0.39, 0.29) is 9.52 Å². The molecule has 0 radical (unpaired) electrons. The number of nitrogens with zero attached hydrogens (tertiary/aromatic N) is 2. The summed E-state index contributed by atoms with van der Waals surface area (Å²) in [5.74, 6) is 0.713. The molecule has 24 heavy (non-hydrogen) atoms. The summed E-state index contributed by atoms with van der Waals surface area (Å²) in [6.45, 7) is 7.94. The first-order valence-corrected chi connectivity index (χ1v) is 14.3. The summed E-state index contributed by atoms with van der Waals surface area (Å²) in [6, 6.07) is 2.62. The minimum Gasteiger partial charge on any atom is -0.395 e. The zero-order valence-corrected chi connectivity index (χ0v) is 20.0. The molecule has 146 valence electrons. The number of hydrogen-bond acceptors (Lipinski definition) is 4. The highest BCUT2D eigenvalue weighted by Crippen LogP contribution is 2.19. The van der Waals surface area contributed by atoms with Gasteiger partial charge in [0.05, 0.1) is 9.52 Å². The predicted molar refractivity (Wildman–Crippen MR) is 112 cm³/mol. The van der Waals surface area contributed by atoms with Gasteiger partial charge in [0.1, 0.15) is 0 Å². The van der Waals surface area contributed by atoms with Gasteiger partial charge in [0.2, 0.25) is 0 Å². The molecule has 0 spiro atoms. The molecule has 0 aromatic carbocycles. The maximum Gasteiger partial charge on any atom is 0.334 e. The van der Waals surface area contributed by atoms with Crippen molar-refractivity contribution in [3.8, 4) is 0 Å². The Morgan fingerprint density at radius 3 is 1.71 bits per heavy atom. The average Bonchev–Trinajstić information content (AvgIpc) is 2.48. The van der Waals surface area contributed by atoms with E-state index in [4.69, 9.17) is 8.85 Å². The van der Waals surface area contributed by atoms with Crippen LogP contribution in [0.2, 0.25) is 18.6 Å². The van der Waals surface area contributed by atoms with Crippen molar-refractivity contribution in [2.24, 2.45) is 0 Å². The molecule has 0 atom stereocenters. The Kier molecular flexibility index (Phi) is 14.6. The molecule has 0 aromatic rings. The lowest BCUT2D eigenvalue weighted by Crippen LogP contribution is -2.44. The first kappa shape index (κ1) is 24.3. The van der Waals surface area contributed by atoms with Crippen molar-refractivity contribution in [1.82, 2.24) is 9.80 Å². The van der Waals surface area contributed by atoms with Crippen LogP contribution in [0.15, 0.2) is 0 Å². The zero-order chi connectivity index (χ0) is 18.4. The van der Waals surface area contributed by atoms with Crippen molar-refractivity contribution in [3.05, 3.63) is 0 Å². The maximum absolute atomic E-state index is 5.90. The molecular weight excluding hydrogens is 332 g/mol. The minimum atomic E-state index is -1.87. The second kappa shape index (κ2) is 14.4. The van der Waals surface area contributed by atoms with E-state index >= 15 is 0 Å². The van der Waals surface area contributed by atoms with Gasteiger partial charge in [0.25, 0.3) is 0 Å². The van der Waals surface area contributed by atoms with Crippen molar-refractivity contribution in [1.29, 1.82) is 0 Å². The van der Waals surface area contributed by atoms with Gasteiger partial charge in [-0.15, -0.1) is 0 Å². The normalized spacial score (nSPS) is 13.2. The Morgan fingerprint density at radius 2 is 1.25 bits per heavy atom. The second-order valence-corrected chi connectivity index (χ2v) is 12.8. The number of rotatable bonds is 16. The third kappa shape index (κ3) is 11.8. The molecule has 0 bridgehead atoms. The summed E-state index contributed by atoms with van der Waals surface area (Å²) < 4.78 is 11.8. The predicted octanol–water partition coefficient (Wildman–Crippen LogP) is 3.47. The molecular formula is C18H44N2O2Si2. The molecule has 4 nitrogen and oxygen atoms in total. The van der Waals surface area contributed by atoms with Crippen LogP contribution in [0, 0.1) is 0 Å².